The first-order valence-corrected chi connectivity index (χ1v) is 11.0. The largest absolute Gasteiger partial charge is 0.486 e. The van der Waals surface area contributed by atoms with Crippen LogP contribution < -0.4 is 9.47 Å². The Morgan fingerprint density at radius 2 is 1.93 bits per heavy atom. The maximum absolute atomic E-state index is 13.5. The zero-order valence-electron chi connectivity index (χ0n) is 16.0. The van der Waals surface area contributed by atoms with Crippen LogP contribution in [-0.4, -0.2) is 55.6 Å². The number of rotatable bonds is 3. The van der Waals surface area contributed by atoms with Crippen LogP contribution in [0, 0.1) is 0 Å². The third-order valence-corrected chi connectivity index (χ3v) is 7.01. The fourth-order valence-corrected chi connectivity index (χ4v) is 5.12. The highest BCUT2D eigenvalue weighted by atomic mass is 32.2. The van der Waals surface area contributed by atoms with Gasteiger partial charge in [-0.25, -0.2) is 17.4 Å². The summed E-state index contributed by atoms with van der Waals surface area (Å²) in [4.78, 5) is 6.76. The Morgan fingerprint density at radius 3 is 2.72 bits per heavy atom. The molecule has 7 nitrogen and oxygen atoms in total. The Bertz CT molecular complexity index is 1230. The minimum absolute atomic E-state index is 0.146. The molecule has 2 aliphatic heterocycles. The molecule has 0 radical (unpaired) electrons. The highest BCUT2D eigenvalue weighted by Gasteiger charge is 2.26. The van der Waals surface area contributed by atoms with Crippen molar-refractivity contribution in [3.8, 4) is 11.5 Å². The van der Waals surface area contributed by atoms with Crippen molar-refractivity contribution < 1.29 is 17.9 Å². The van der Waals surface area contributed by atoms with E-state index in [1.54, 1.807) is 24.5 Å². The SMILES string of the molecule is CN1CC=C(c2cn(S(=O)(=O)c3ccc4c(c3)OCCO4)c3ncccc23)CC1. The standard InChI is InChI=1S/C21H21N3O4S/c1-23-9-6-15(7-10-23)18-14-24(21-17(18)3-2-8-22-21)29(25,26)16-4-5-19-20(13-16)28-12-11-27-19/h2-6,8,13-14H,7,9-12H2,1H3. The minimum atomic E-state index is -3.85. The smallest absolute Gasteiger partial charge is 0.269 e. The van der Waals surface area contributed by atoms with Gasteiger partial charge in [0.1, 0.15) is 13.2 Å². The summed E-state index contributed by atoms with van der Waals surface area (Å²) in [6.07, 6.45) is 6.34. The second-order valence-corrected chi connectivity index (χ2v) is 9.08. The van der Waals surface area contributed by atoms with Crippen molar-refractivity contribution in [3.63, 3.8) is 0 Å². The van der Waals surface area contributed by atoms with Crippen LogP contribution in [0.3, 0.4) is 0 Å². The van der Waals surface area contributed by atoms with Crippen LogP contribution in [0.15, 0.2) is 53.7 Å². The van der Waals surface area contributed by atoms with Crippen molar-refractivity contribution in [3.05, 3.63) is 54.4 Å². The Hall–Kier alpha value is -2.84. The van der Waals surface area contributed by atoms with Crippen LogP contribution in [-0.2, 0) is 10.0 Å². The molecule has 0 bridgehead atoms. The average Bonchev–Trinajstić information content (AvgIpc) is 3.14. The minimum Gasteiger partial charge on any atom is -0.486 e. The van der Waals surface area contributed by atoms with Crippen molar-refractivity contribution in [1.29, 1.82) is 0 Å². The molecular formula is C21H21N3O4S. The molecule has 0 fully saturated rings. The van der Waals surface area contributed by atoms with Crippen LogP contribution in [0.4, 0.5) is 0 Å². The fourth-order valence-electron chi connectivity index (χ4n) is 3.78. The van der Waals surface area contributed by atoms with Gasteiger partial charge in [-0.05, 0) is 43.3 Å². The molecule has 150 valence electrons. The van der Waals surface area contributed by atoms with Gasteiger partial charge in [0, 0.05) is 42.5 Å². The van der Waals surface area contributed by atoms with Gasteiger partial charge in [0.05, 0.1) is 4.90 Å². The average molecular weight is 411 g/mol. The van der Waals surface area contributed by atoms with Crippen LogP contribution in [0.2, 0.25) is 0 Å². The first kappa shape index (κ1) is 18.2. The first-order valence-electron chi connectivity index (χ1n) is 9.53. The van der Waals surface area contributed by atoms with Gasteiger partial charge in [0.15, 0.2) is 17.1 Å². The van der Waals surface area contributed by atoms with E-state index in [-0.39, 0.29) is 4.90 Å². The lowest BCUT2D eigenvalue weighted by molar-refractivity contribution is 0.171. The Balaban J connectivity index is 1.65. The third-order valence-electron chi connectivity index (χ3n) is 5.36. The monoisotopic (exact) mass is 411 g/mol. The van der Waals surface area contributed by atoms with Crippen molar-refractivity contribution in [1.82, 2.24) is 13.9 Å². The zero-order valence-corrected chi connectivity index (χ0v) is 16.9. The molecule has 0 unspecified atom stereocenters. The summed E-state index contributed by atoms with van der Waals surface area (Å²) in [7, 11) is -1.77. The van der Waals surface area contributed by atoms with E-state index in [1.165, 1.54) is 10.0 Å². The van der Waals surface area contributed by atoms with Gasteiger partial charge >= 0.3 is 0 Å². The number of benzene rings is 1. The van der Waals surface area contributed by atoms with Crippen molar-refractivity contribution >= 4 is 26.6 Å². The van der Waals surface area contributed by atoms with Crippen LogP contribution in [0.5, 0.6) is 11.5 Å². The lowest BCUT2D eigenvalue weighted by Gasteiger charge is -2.21. The van der Waals surface area contributed by atoms with E-state index in [0.717, 1.165) is 36.0 Å². The predicted molar refractivity (Wildman–Crippen MR) is 110 cm³/mol. The number of nitrogens with zero attached hydrogens (tertiary/aromatic N) is 3. The van der Waals surface area contributed by atoms with Gasteiger partial charge < -0.3 is 14.4 Å². The van der Waals surface area contributed by atoms with Crippen molar-refractivity contribution in [2.24, 2.45) is 0 Å². The summed E-state index contributed by atoms with van der Waals surface area (Å²) in [5.41, 5.74) is 2.50. The second-order valence-electron chi connectivity index (χ2n) is 7.27. The molecule has 2 aromatic heterocycles. The summed E-state index contributed by atoms with van der Waals surface area (Å²) in [6, 6.07) is 8.47. The summed E-state index contributed by atoms with van der Waals surface area (Å²) >= 11 is 0. The third kappa shape index (κ3) is 3.08. The number of hydrogen-bond acceptors (Lipinski definition) is 6. The molecule has 29 heavy (non-hydrogen) atoms. The van der Waals surface area contributed by atoms with E-state index in [2.05, 4.69) is 23.0 Å². The summed E-state index contributed by atoms with van der Waals surface area (Å²) in [6.45, 7) is 2.64. The lowest BCUT2D eigenvalue weighted by Crippen LogP contribution is -2.23. The van der Waals surface area contributed by atoms with E-state index < -0.39 is 10.0 Å². The summed E-state index contributed by atoms with van der Waals surface area (Å²) < 4.78 is 39.3. The highest BCUT2D eigenvalue weighted by Crippen LogP contribution is 2.35. The quantitative estimate of drug-likeness (QED) is 0.660. The second kappa shape index (κ2) is 6.89. The number of fused-ring (bicyclic) bond motifs is 2. The van der Waals surface area contributed by atoms with E-state index in [1.807, 2.05) is 12.1 Å². The van der Waals surface area contributed by atoms with E-state index in [9.17, 15) is 8.42 Å². The van der Waals surface area contributed by atoms with Crippen LogP contribution in [0.1, 0.15) is 12.0 Å². The Kier molecular flexibility index (Phi) is 4.33. The molecule has 0 spiro atoms. The van der Waals surface area contributed by atoms with E-state index in [0.29, 0.717) is 30.4 Å². The molecule has 4 heterocycles. The number of hydrogen-bond donors (Lipinski definition) is 0. The molecule has 1 aromatic carbocycles. The molecule has 0 saturated carbocycles. The number of likely N-dealkylation sites (N-methyl/N-ethyl adjacent to an activating group) is 1. The summed E-state index contributed by atoms with van der Waals surface area (Å²) in [5, 5.41) is 0.837. The van der Waals surface area contributed by atoms with Crippen LogP contribution >= 0.6 is 0 Å². The zero-order chi connectivity index (χ0) is 20.0. The lowest BCUT2D eigenvalue weighted by atomic mass is 10.00. The Labute approximate surface area is 169 Å². The normalized spacial score (nSPS) is 17.3. The first-order chi connectivity index (χ1) is 14.0. The highest BCUT2D eigenvalue weighted by molar-refractivity contribution is 7.90. The molecule has 0 N–H and O–H groups in total. The van der Waals surface area contributed by atoms with Gasteiger partial charge in [-0.1, -0.05) is 6.08 Å². The molecular weight excluding hydrogens is 390 g/mol. The molecule has 5 rings (SSSR count). The Morgan fingerprint density at radius 1 is 1.10 bits per heavy atom. The molecule has 0 atom stereocenters. The number of ether oxygens (including phenoxy) is 2. The van der Waals surface area contributed by atoms with E-state index >= 15 is 0 Å². The topological polar surface area (TPSA) is 73.7 Å². The molecule has 8 heteroatoms. The maximum atomic E-state index is 13.5. The molecule has 0 amide bonds. The number of aromatic nitrogens is 2. The van der Waals surface area contributed by atoms with Gasteiger partial charge in [0.2, 0.25) is 0 Å². The molecule has 2 aliphatic rings. The maximum Gasteiger partial charge on any atom is 0.269 e. The van der Waals surface area contributed by atoms with Crippen molar-refractivity contribution in [2.45, 2.75) is 11.3 Å². The fraction of sp³-hybridized carbons (Fsp3) is 0.286. The summed E-state index contributed by atoms with van der Waals surface area (Å²) in [5.74, 6) is 1.00. The predicted octanol–water partition coefficient (Wildman–Crippen LogP) is 2.76. The van der Waals surface area contributed by atoms with Gasteiger partial charge in [-0.3, -0.25) is 0 Å². The molecule has 3 aromatic rings. The van der Waals surface area contributed by atoms with Crippen molar-refractivity contribution in [2.75, 3.05) is 33.4 Å². The van der Waals surface area contributed by atoms with Gasteiger partial charge in [-0.15, -0.1) is 0 Å². The van der Waals surface area contributed by atoms with E-state index in [4.69, 9.17) is 9.47 Å². The molecule has 0 aliphatic carbocycles. The molecule has 0 saturated heterocycles. The van der Waals surface area contributed by atoms with Gasteiger partial charge in [-0.2, -0.15) is 0 Å². The number of pyridine rings is 1. The van der Waals surface area contributed by atoms with Gasteiger partial charge in [0.25, 0.3) is 10.0 Å². The van der Waals surface area contributed by atoms with Crippen LogP contribution in [0.25, 0.3) is 16.6 Å².